The smallest absolute Gasteiger partial charge is 0.254 e. The van der Waals surface area contributed by atoms with Crippen molar-refractivity contribution < 1.29 is 13.9 Å². The molecule has 0 spiro atoms. The first-order chi connectivity index (χ1) is 11.1. The van der Waals surface area contributed by atoms with Crippen LogP contribution in [0.5, 0.6) is 0 Å². The Morgan fingerprint density at radius 2 is 1.83 bits per heavy atom. The van der Waals surface area contributed by atoms with Crippen molar-refractivity contribution in [2.45, 2.75) is 0 Å². The van der Waals surface area contributed by atoms with Gasteiger partial charge in [0, 0.05) is 24.3 Å². The summed E-state index contributed by atoms with van der Waals surface area (Å²) in [5, 5.41) is 3.05. The van der Waals surface area contributed by atoms with Crippen molar-refractivity contribution in [2.24, 2.45) is 0 Å². The summed E-state index contributed by atoms with van der Waals surface area (Å²) >= 11 is 0. The first-order valence-electron chi connectivity index (χ1n) is 7.42. The van der Waals surface area contributed by atoms with E-state index in [0.29, 0.717) is 43.2 Å². The van der Waals surface area contributed by atoms with Crippen LogP contribution in [0.3, 0.4) is 0 Å². The molecule has 2 aromatic rings. The summed E-state index contributed by atoms with van der Waals surface area (Å²) in [6.45, 7) is 2.37. The molecule has 120 valence electrons. The molecule has 0 radical (unpaired) electrons. The molecule has 0 saturated carbocycles. The number of nitrogen functional groups attached to an aromatic ring is 1. The van der Waals surface area contributed by atoms with Gasteiger partial charge >= 0.3 is 0 Å². The maximum atomic E-state index is 13.3. The lowest BCUT2D eigenvalue weighted by Crippen LogP contribution is -2.40. The zero-order valence-electron chi connectivity index (χ0n) is 12.6. The molecule has 0 atom stereocenters. The van der Waals surface area contributed by atoms with Crippen LogP contribution in [0.4, 0.5) is 21.5 Å². The van der Waals surface area contributed by atoms with Crippen LogP contribution in [0.25, 0.3) is 0 Å². The topological polar surface area (TPSA) is 67.6 Å². The molecule has 1 heterocycles. The molecule has 3 rings (SSSR count). The third-order valence-corrected chi connectivity index (χ3v) is 3.72. The van der Waals surface area contributed by atoms with Gasteiger partial charge in [-0.05, 0) is 42.5 Å². The van der Waals surface area contributed by atoms with Crippen LogP contribution < -0.4 is 11.1 Å². The number of halogens is 1. The third-order valence-electron chi connectivity index (χ3n) is 3.72. The standard InChI is InChI=1S/C17H18FN3O2/c18-13-3-6-15(19)16(11-13)20-14-4-1-12(2-5-14)17(22)21-7-9-23-10-8-21/h1-6,11,20H,7-10,19H2. The molecule has 3 N–H and O–H groups in total. The molecular weight excluding hydrogens is 297 g/mol. The van der Waals surface area contributed by atoms with Crippen molar-refractivity contribution in [3.05, 3.63) is 53.8 Å². The Bertz CT molecular complexity index is 697. The molecule has 6 heteroatoms. The number of nitrogens with two attached hydrogens (primary N) is 1. The summed E-state index contributed by atoms with van der Waals surface area (Å²) < 4.78 is 18.5. The Balaban J connectivity index is 1.71. The molecule has 0 aromatic heterocycles. The average molecular weight is 315 g/mol. The minimum Gasteiger partial charge on any atom is -0.397 e. The summed E-state index contributed by atoms with van der Waals surface area (Å²) in [5.74, 6) is -0.370. The van der Waals surface area contributed by atoms with Crippen molar-refractivity contribution >= 4 is 23.0 Å². The highest BCUT2D eigenvalue weighted by Crippen LogP contribution is 2.24. The van der Waals surface area contributed by atoms with Gasteiger partial charge in [-0.15, -0.1) is 0 Å². The predicted octanol–water partition coefficient (Wildman–Crippen LogP) is 2.62. The zero-order chi connectivity index (χ0) is 16.2. The van der Waals surface area contributed by atoms with Crippen LogP contribution in [0.15, 0.2) is 42.5 Å². The van der Waals surface area contributed by atoms with Crippen LogP contribution in [0.1, 0.15) is 10.4 Å². The van der Waals surface area contributed by atoms with Crippen molar-refractivity contribution in [1.82, 2.24) is 4.90 Å². The first kappa shape index (κ1) is 15.3. The second-order valence-corrected chi connectivity index (χ2v) is 5.34. The Kier molecular flexibility index (Phi) is 4.43. The highest BCUT2D eigenvalue weighted by Gasteiger charge is 2.18. The van der Waals surface area contributed by atoms with E-state index in [1.807, 2.05) is 0 Å². The number of anilines is 3. The first-order valence-corrected chi connectivity index (χ1v) is 7.42. The second-order valence-electron chi connectivity index (χ2n) is 5.34. The summed E-state index contributed by atoms with van der Waals surface area (Å²) in [7, 11) is 0. The molecule has 1 saturated heterocycles. The van der Waals surface area contributed by atoms with Crippen LogP contribution in [-0.2, 0) is 4.74 Å². The molecule has 1 aliphatic heterocycles. The molecule has 1 aliphatic rings. The fraction of sp³-hybridized carbons (Fsp3) is 0.235. The number of nitrogens with one attached hydrogen (secondary N) is 1. The number of rotatable bonds is 3. The fourth-order valence-electron chi connectivity index (χ4n) is 2.44. The van der Waals surface area contributed by atoms with Gasteiger partial charge in [0.2, 0.25) is 0 Å². The quantitative estimate of drug-likeness (QED) is 0.855. The Morgan fingerprint density at radius 1 is 1.13 bits per heavy atom. The zero-order valence-corrected chi connectivity index (χ0v) is 12.6. The van der Waals surface area contributed by atoms with Gasteiger partial charge in [-0.25, -0.2) is 4.39 Å². The second kappa shape index (κ2) is 6.66. The average Bonchev–Trinajstić information content (AvgIpc) is 2.59. The number of benzene rings is 2. The third kappa shape index (κ3) is 3.60. The van der Waals surface area contributed by atoms with Gasteiger partial charge in [0.05, 0.1) is 24.6 Å². The fourth-order valence-corrected chi connectivity index (χ4v) is 2.44. The Hall–Kier alpha value is -2.60. The highest BCUT2D eigenvalue weighted by atomic mass is 19.1. The van der Waals surface area contributed by atoms with E-state index in [2.05, 4.69) is 5.32 Å². The van der Waals surface area contributed by atoms with E-state index in [4.69, 9.17) is 10.5 Å². The number of hydrogen-bond donors (Lipinski definition) is 2. The number of morpholine rings is 1. The molecule has 23 heavy (non-hydrogen) atoms. The van der Waals surface area contributed by atoms with Crippen molar-refractivity contribution in [1.29, 1.82) is 0 Å². The Labute approximate surface area is 133 Å². The van der Waals surface area contributed by atoms with E-state index in [0.717, 1.165) is 5.69 Å². The van der Waals surface area contributed by atoms with E-state index in [-0.39, 0.29) is 11.7 Å². The predicted molar refractivity (Wildman–Crippen MR) is 87.3 cm³/mol. The SMILES string of the molecule is Nc1ccc(F)cc1Nc1ccc(C(=O)N2CCOCC2)cc1. The normalized spacial score (nSPS) is 14.6. The van der Waals surface area contributed by atoms with E-state index >= 15 is 0 Å². The lowest BCUT2D eigenvalue weighted by Gasteiger charge is -2.26. The number of carbonyl (C=O) groups excluding carboxylic acids is 1. The largest absolute Gasteiger partial charge is 0.397 e. The molecule has 0 unspecified atom stereocenters. The minimum absolute atomic E-state index is 0.00915. The number of amides is 1. The highest BCUT2D eigenvalue weighted by molar-refractivity contribution is 5.94. The van der Waals surface area contributed by atoms with E-state index in [1.165, 1.54) is 18.2 Å². The Morgan fingerprint density at radius 3 is 2.52 bits per heavy atom. The van der Waals surface area contributed by atoms with Crippen LogP contribution in [0, 0.1) is 5.82 Å². The van der Waals surface area contributed by atoms with E-state index in [9.17, 15) is 9.18 Å². The minimum atomic E-state index is -0.360. The molecule has 0 aliphatic carbocycles. The molecule has 5 nitrogen and oxygen atoms in total. The number of ether oxygens (including phenoxy) is 1. The molecule has 2 aromatic carbocycles. The molecule has 1 fully saturated rings. The number of hydrogen-bond acceptors (Lipinski definition) is 4. The van der Waals surface area contributed by atoms with Gasteiger partial charge in [0.15, 0.2) is 0 Å². The van der Waals surface area contributed by atoms with Crippen LogP contribution >= 0.6 is 0 Å². The summed E-state index contributed by atoms with van der Waals surface area (Å²) in [4.78, 5) is 14.1. The number of carbonyl (C=O) groups is 1. The van der Waals surface area contributed by atoms with Gasteiger partial charge in [-0.3, -0.25) is 4.79 Å². The molecule has 0 bridgehead atoms. The van der Waals surface area contributed by atoms with Gasteiger partial charge in [0.1, 0.15) is 5.82 Å². The number of nitrogens with zero attached hydrogens (tertiary/aromatic N) is 1. The van der Waals surface area contributed by atoms with Gasteiger partial charge in [0.25, 0.3) is 5.91 Å². The van der Waals surface area contributed by atoms with Crippen LogP contribution in [0.2, 0.25) is 0 Å². The summed E-state index contributed by atoms with van der Waals surface area (Å²) in [6.07, 6.45) is 0. The summed E-state index contributed by atoms with van der Waals surface area (Å²) in [6, 6.07) is 11.2. The van der Waals surface area contributed by atoms with Crippen LogP contribution in [-0.4, -0.2) is 37.1 Å². The van der Waals surface area contributed by atoms with E-state index in [1.54, 1.807) is 29.2 Å². The van der Waals surface area contributed by atoms with E-state index < -0.39 is 0 Å². The summed E-state index contributed by atoms with van der Waals surface area (Å²) in [5.41, 5.74) is 8.12. The monoisotopic (exact) mass is 315 g/mol. The van der Waals surface area contributed by atoms with Crippen molar-refractivity contribution in [2.75, 3.05) is 37.4 Å². The van der Waals surface area contributed by atoms with Gasteiger partial charge in [-0.2, -0.15) is 0 Å². The van der Waals surface area contributed by atoms with Crippen molar-refractivity contribution in [3.8, 4) is 0 Å². The van der Waals surface area contributed by atoms with Gasteiger partial charge < -0.3 is 20.7 Å². The van der Waals surface area contributed by atoms with Crippen molar-refractivity contribution in [3.63, 3.8) is 0 Å². The lowest BCUT2D eigenvalue weighted by molar-refractivity contribution is 0.0303. The van der Waals surface area contributed by atoms with Gasteiger partial charge in [-0.1, -0.05) is 0 Å². The molecule has 1 amide bonds. The lowest BCUT2D eigenvalue weighted by atomic mass is 10.1. The maximum absolute atomic E-state index is 13.3. The maximum Gasteiger partial charge on any atom is 0.254 e. The molecular formula is C17H18FN3O2.